The minimum atomic E-state index is -0.419. The first kappa shape index (κ1) is 19.9. The van der Waals surface area contributed by atoms with Gasteiger partial charge in [0.25, 0.3) is 0 Å². The van der Waals surface area contributed by atoms with Crippen molar-refractivity contribution in [2.45, 2.75) is 44.5 Å². The molecule has 2 aliphatic rings. The predicted molar refractivity (Wildman–Crippen MR) is 120 cm³/mol. The zero-order chi connectivity index (χ0) is 20.4. The lowest BCUT2D eigenvalue weighted by atomic mass is 9.70. The minimum absolute atomic E-state index is 0.0282. The lowest BCUT2D eigenvalue weighted by Gasteiger charge is -2.53. The van der Waals surface area contributed by atoms with E-state index in [2.05, 4.69) is 25.7 Å². The summed E-state index contributed by atoms with van der Waals surface area (Å²) < 4.78 is 0. The number of hydrogen-bond acceptors (Lipinski definition) is 6. The van der Waals surface area contributed by atoms with E-state index in [0.29, 0.717) is 5.70 Å². The van der Waals surface area contributed by atoms with Crippen molar-refractivity contribution in [1.82, 2.24) is 14.8 Å². The van der Waals surface area contributed by atoms with Gasteiger partial charge in [-0.3, -0.25) is 0 Å². The van der Waals surface area contributed by atoms with Gasteiger partial charge in [0.2, 0.25) is 0 Å². The van der Waals surface area contributed by atoms with Crippen molar-refractivity contribution in [1.29, 1.82) is 0 Å². The summed E-state index contributed by atoms with van der Waals surface area (Å²) >= 11 is 0. The molecule has 0 aromatic carbocycles. The lowest BCUT2D eigenvalue weighted by molar-refractivity contribution is 0.0925. The molecule has 1 unspecified atom stereocenters. The first-order valence-electron chi connectivity index (χ1n) is 10.6. The quantitative estimate of drug-likeness (QED) is 0.468. The molecule has 2 aromatic rings. The van der Waals surface area contributed by atoms with Gasteiger partial charge in [0.1, 0.15) is 5.65 Å². The molecule has 0 saturated carbocycles. The van der Waals surface area contributed by atoms with Crippen molar-refractivity contribution in [3.63, 3.8) is 0 Å². The Morgan fingerprint density at radius 1 is 1.31 bits per heavy atom. The third-order valence-electron chi connectivity index (χ3n) is 6.50. The van der Waals surface area contributed by atoms with Crippen molar-refractivity contribution < 1.29 is 5.02 Å². The molecule has 2 aliphatic heterocycles. The maximum absolute atomic E-state index is 10.4. The molecule has 2 aromatic heterocycles. The van der Waals surface area contributed by atoms with Gasteiger partial charge in [-0.1, -0.05) is 6.42 Å². The van der Waals surface area contributed by atoms with E-state index in [1.54, 1.807) is 6.08 Å². The van der Waals surface area contributed by atoms with Crippen LogP contribution in [0.3, 0.4) is 0 Å². The van der Waals surface area contributed by atoms with Gasteiger partial charge in [-0.05, 0) is 63.5 Å². The van der Waals surface area contributed by atoms with E-state index < -0.39 is 7.05 Å². The van der Waals surface area contributed by atoms with Crippen molar-refractivity contribution >= 4 is 29.5 Å². The molecule has 0 amide bonds. The lowest BCUT2D eigenvalue weighted by Crippen LogP contribution is -2.64. The smallest absolute Gasteiger partial charge is 0.376 e. The molecule has 6 N–H and O–H groups in total. The molecule has 2 saturated heterocycles. The number of allylic oxidation sites excluding steroid dienone is 2. The van der Waals surface area contributed by atoms with Crippen molar-refractivity contribution in [3.8, 4) is 0 Å². The normalized spacial score (nSPS) is 24.1. The Hall–Kier alpha value is -2.45. The highest BCUT2D eigenvalue weighted by Gasteiger charge is 2.44. The van der Waals surface area contributed by atoms with Crippen LogP contribution in [-0.4, -0.2) is 52.0 Å². The van der Waals surface area contributed by atoms with Crippen LogP contribution in [0.25, 0.3) is 16.7 Å². The molecule has 8 heteroatoms. The van der Waals surface area contributed by atoms with Gasteiger partial charge in [-0.2, -0.15) is 0 Å². The second kappa shape index (κ2) is 8.12. The third-order valence-corrected chi connectivity index (χ3v) is 6.50. The van der Waals surface area contributed by atoms with E-state index in [1.165, 1.54) is 12.6 Å². The largest absolute Gasteiger partial charge is 0.437 e. The van der Waals surface area contributed by atoms with Crippen LogP contribution in [0.15, 0.2) is 36.8 Å². The molecular formula is C21H31BN6O. The summed E-state index contributed by atoms with van der Waals surface area (Å²) in [4.78, 5) is 12.5. The van der Waals surface area contributed by atoms with Gasteiger partial charge in [0, 0.05) is 42.3 Å². The Labute approximate surface area is 172 Å². The first-order valence-corrected chi connectivity index (χ1v) is 10.6. The van der Waals surface area contributed by atoms with Crippen LogP contribution < -0.4 is 16.4 Å². The fraction of sp³-hybridized carbons (Fsp3) is 0.476. The van der Waals surface area contributed by atoms with Gasteiger partial charge >= 0.3 is 7.05 Å². The summed E-state index contributed by atoms with van der Waals surface area (Å²) in [7, 11) is -0.419. The van der Waals surface area contributed by atoms with Crippen LogP contribution in [-0.2, 0) is 0 Å². The van der Waals surface area contributed by atoms with E-state index >= 15 is 0 Å². The molecule has 1 atom stereocenters. The van der Waals surface area contributed by atoms with Crippen LogP contribution >= 0.6 is 0 Å². The van der Waals surface area contributed by atoms with Gasteiger partial charge in [0.05, 0.1) is 11.1 Å². The second-order valence-corrected chi connectivity index (χ2v) is 8.29. The summed E-state index contributed by atoms with van der Waals surface area (Å²) in [6.07, 6.45) is 14.5. The number of nitrogens with one attached hydrogen (secondary N) is 1. The number of fused-ring (bicyclic) bond motifs is 1. The van der Waals surface area contributed by atoms with Gasteiger partial charge in [-0.25, -0.2) is 4.98 Å². The maximum Gasteiger partial charge on any atom is 0.376 e. The molecule has 29 heavy (non-hydrogen) atoms. The third kappa shape index (κ3) is 3.62. The summed E-state index contributed by atoms with van der Waals surface area (Å²) in [5.74, 6) is 0. The van der Waals surface area contributed by atoms with Crippen LogP contribution in [0.2, 0.25) is 6.82 Å². The Kier molecular flexibility index (Phi) is 5.56. The summed E-state index contributed by atoms with van der Waals surface area (Å²) in [6.45, 7) is 4.77. The Bertz CT molecular complexity index is 919. The summed E-state index contributed by atoms with van der Waals surface area (Å²) in [5, 5.41) is 11.5. The van der Waals surface area contributed by atoms with Crippen molar-refractivity contribution in [2.75, 3.05) is 24.5 Å². The highest BCUT2D eigenvalue weighted by molar-refractivity contribution is 6.45. The molecule has 0 aliphatic carbocycles. The van der Waals surface area contributed by atoms with Crippen LogP contribution in [0, 0.1) is 0 Å². The van der Waals surface area contributed by atoms with Crippen molar-refractivity contribution in [3.05, 3.63) is 42.4 Å². The molecule has 0 bridgehead atoms. The summed E-state index contributed by atoms with van der Waals surface area (Å²) in [6, 6.07) is 2.08. The topological polar surface area (TPSA) is 107 Å². The SMILES string of the molecule is CB(O)N1CCCCC12CCCN(c1ccnc3[nH]cc(/C(N)=C/C=C\N)c13)C2. The van der Waals surface area contributed by atoms with Crippen LogP contribution in [0.5, 0.6) is 0 Å². The zero-order valence-corrected chi connectivity index (χ0v) is 17.1. The molecule has 4 heterocycles. The van der Waals surface area contributed by atoms with Gasteiger partial charge in [-0.15, -0.1) is 0 Å². The van der Waals surface area contributed by atoms with Gasteiger partial charge in [0.15, 0.2) is 0 Å². The number of aromatic nitrogens is 2. The number of nitrogens with two attached hydrogens (primary N) is 2. The molecule has 4 rings (SSSR count). The number of nitrogens with zero attached hydrogens (tertiary/aromatic N) is 3. The minimum Gasteiger partial charge on any atom is -0.437 e. The van der Waals surface area contributed by atoms with E-state index in [0.717, 1.165) is 67.6 Å². The number of piperidine rings is 2. The number of hydrogen-bond donors (Lipinski definition) is 4. The number of anilines is 1. The highest BCUT2D eigenvalue weighted by atomic mass is 16.2. The zero-order valence-electron chi connectivity index (χ0n) is 17.1. The predicted octanol–water partition coefficient (Wildman–Crippen LogP) is 2.27. The monoisotopic (exact) mass is 394 g/mol. The average molecular weight is 394 g/mol. The van der Waals surface area contributed by atoms with Crippen molar-refractivity contribution in [2.24, 2.45) is 11.5 Å². The number of pyridine rings is 1. The number of H-pyrrole nitrogens is 1. The first-order chi connectivity index (χ1) is 14.1. The van der Waals surface area contributed by atoms with Crippen LogP contribution in [0.1, 0.15) is 37.7 Å². The number of aromatic amines is 1. The molecule has 154 valence electrons. The Morgan fingerprint density at radius 3 is 2.93 bits per heavy atom. The van der Waals surface area contributed by atoms with E-state index in [4.69, 9.17) is 11.5 Å². The highest BCUT2D eigenvalue weighted by Crippen LogP contribution is 2.40. The molecule has 2 fully saturated rings. The van der Waals surface area contributed by atoms with E-state index in [1.807, 2.05) is 25.3 Å². The molecule has 1 spiro atoms. The number of rotatable bonds is 4. The van der Waals surface area contributed by atoms with Gasteiger partial charge < -0.3 is 31.2 Å². The van der Waals surface area contributed by atoms with Crippen LogP contribution in [0.4, 0.5) is 5.69 Å². The molecule has 7 nitrogen and oxygen atoms in total. The fourth-order valence-electron chi connectivity index (χ4n) is 5.24. The summed E-state index contributed by atoms with van der Waals surface area (Å²) in [5.41, 5.74) is 15.4. The average Bonchev–Trinajstić information content (AvgIpc) is 3.16. The standard InChI is InChI=1S/C21H31BN6O/c1-22(29)28-13-3-2-8-21(28)9-5-12-27(15-21)18-7-11-25-20-19(18)16(14-26-20)17(24)6-4-10-23/h4,6-7,10-11,14,29H,2-3,5,8-9,12-13,15,23-24H2,1H3,(H,25,26)/b10-4-,17-6-. The second-order valence-electron chi connectivity index (χ2n) is 8.29. The Balaban J connectivity index is 1.74. The van der Waals surface area contributed by atoms with E-state index in [9.17, 15) is 5.02 Å². The molecular weight excluding hydrogens is 363 g/mol. The van der Waals surface area contributed by atoms with E-state index in [-0.39, 0.29) is 5.54 Å². The maximum atomic E-state index is 10.4. The fourth-order valence-corrected chi connectivity index (χ4v) is 5.24. The Morgan fingerprint density at radius 2 is 2.14 bits per heavy atom. The molecule has 0 radical (unpaired) electrons.